The third-order valence-electron chi connectivity index (χ3n) is 13.0. The molecule has 0 aliphatic carbocycles. The zero-order valence-electron chi connectivity index (χ0n) is 35.7. The Morgan fingerprint density at radius 1 is 1.03 bits per heavy atom. The van der Waals surface area contributed by atoms with Crippen LogP contribution in [0.1, 0.15) is 75.0 Å². The highest BCUT2D eigenvalue weighted by Gasteiger charge is 2.44. The molecular formula is C44H48F3N9O8S. The molecule has 65 heavy (non-hydrogen) atoms. The third kappa shape index (κ3) is 9.38. The molecule has 4 aromatic rings. The van der Waals surface area contributed by atoms with Crippen LogP contribution in [0.15, 0.2) is 53.6 Å². The molecule has 1 spiro atoms. The van der Waals surface area contributed by atoms with E-state index < -0.39 is 56.9 Å². The van der Waals surface area contributed by atoms with Crippen LogP contribution in [0.25, 0.3) is 10.9 Å². The molecule has 17 nitrogen and oxygen atoms in total. The fourth-order valence-electron chi connectivity index (χ4n) is 9.01. The van der Waals surface area contributed by atoms with Gasteiger partial charge in [-0.1, -0.05) is 13.0 Å². The van der Waals surface area contributed by atoms with E-state index in [2.05, 4.69) is 20.3 Å². The molecule has 1 aromatic heterocycles. The lowest BCUT2D eigenvalue weighted by Crippen LogP contribution is -2.50. The number of rotatable bonds is 12. The van der Waals surface area contributed by atoms with Crippen molar-refractivity contribution in [2.75, 3.05) is 63.0 Å². The number of fused-ring (bicyclic) bond motifs is 1. The van der Waals surface area contributed by atoms with Crippen LogP contribution in [0, 0.1) is 28.8 Å². The number of nitrogens with zero attached hydrogens (tertiary/aromatic N) is 6. The van der Waals surface area contributed by atoms with Crippen LogP contribution in [0.4, 0.5) is 24.5 Å². The first-order valence-corrected chi connectivity index (χ1v) is 22.9. The summed E-state index contributed by atoms with van der Waals surface area (Å²) in [4.78, 5) is 59.3. The lowest BCUT2D eigenvalue weighted by Gasteiger charge is -2.40. The number of carbonyl (C=O) groups is 3. The molecule has 344 valence electrons. The molecule has 0 radical (unpaired) electrons. The Kier molecular flexibility index (Phi) is 12.9. The van der Waals surface area contributed by atoms with Gasteiger partial charge in [0.05, 0.1) is 53.4 Å². The molecule has 3 N–H and O–H groups in total. The van der Waals surface area contributed by atoms with Gasteiger partial charge in [0, 0.05) is 33.1 Å². The smallest absolute Gasteiger partial charge is 0.301 e. The Bertz CT molecular complexity index is 2750. The van der Waals surface area contributed by atoms with Crippen molar-refractivity contribution in [2.45, 2.75) is 75.5 Å². The number of hydrogen-bond acceptors (Lipinski definition) is 12. The minimum Gasteiger partial charge on any atom is -0.453 e. The number of nitriles is 1. The highest BCUT2D eigenvalue weighted by Crippen LogP contribution is 2.41. The second-order valence-electron chi connectivity index (χ2n) is 16.9. The van der Waals surface area contributed by atoms with Gasteiger partial charge < -0.3 is 19.7 Å². The first-order chi connectivity index (χ1) is 31.1. The molecular weight excluding hydrogens is 872 g/mol. The van der Waals surface area contributed by atoms with E-state index >= 15 is 13.2 Å². The second-order valence-corrected chi connectivity index (χ2v) is 18.7. The SMILES string of the molecule is CCN(C)S(=O)(=O)Nc1ccc(F)c(Oc2ccc3ncn([C@H]4COC5(CCN(C(=O)CN6CCC(c7ccc(NC8CCC(=O)NC8=O)c(F)c7F)CC6)CC5)C4)c(=O)c3c2)c1C#N. The van der Waals surface area contributed by atoms with E-state index in [9.17, 15) is 32.9 Å². The van der Waals surface area contributed by atoms with Crippen LogP contribution in [0.2, 0.25) is 0 Å². The third-order valence-corrected chi connectivity index (χ3v) is 14.5. The number of halogens is 3. The number of aromatic nitrogens is 2. The molecule has 1 unspecified atom stereocenters. The van der Waals surface area contributed by atoms with E-state index in [1.807, 2.05) is 11.0 Å². The van der Waals surface area contributed by atoms with E-state index in [1.165, 1.54) is 48.3 Å². The fraction of sp³-hybridized carbons (Fsp3) is 0.455. The summed E-state index contributed by atoms with van der Waals surface area (Å²) in [7, 11) is -2.70. The Hall–Kier alpha value is -6.08. The van der Waals surface area contributed by atoms with E-state index in [-0.39, 0.29) is 89.6 Å². The van der Waals surface area contributed by atoms with Gasteiger partial charge in [-0.3, -0.25) is 38.7 Å². The molecule has 5 heterocycles. The fourth-order valence-corrected chi connectivity index (χ4v) is 9.95. The van der Waals surface area contributed by atoms with Crippen LogP contribution in [-0.2, 0) is 29.3 Å². The monoisotopic (exact) mass is 919 g/mol. The number of anilines is 2. The standard InChI is InChI=1S/C44H48F3N9O8S/c1-3-53(2)65(61,62)52-34-9-6-32(45)41(31(34)22-48)64-28-4-7-33-30(20-28)43(60)56(25-49-33)27-21-44(63-24-27)14-18-55(19-15-44)38(58)23-54-16-12-26(13-17-54)29-5-8-35(40(47)39(29)46)50-36-10-11-37(57)51-42(36)59/h4-9,20,25-27,36,50,52H,3,10-19,21,23-24H2,1-2H3,(H,51,57,59)/t27-,36?/m1/s1. The summed E-state index contributed by atoms with van der Waals surface area (Å²) in [6, 6.07) is 10.0. The van der Waals surface area contributed by atoms with Crippen molar-refractivity contribution >= 4 is 50.2 Å². The highest BCUT2D eigenvalue weighted by molar-refractivity contribution is 7.90. The van der Waals surface area contributed by atoms with Gasteiger partial charge in [0.1, 0.15) is 23.4 Å². The zero-order chi connectivity index (χ0) is 46.2. The average molecular weight is 920 g/mol. The number of imide groups is 1. The number of hydrogen-bond donors (Lipinski definition) is 3. The van der Waals surface area contributed by atoms with Crippen LogP contribution in [0.5, 0.6) is 11.5 Å². The number of benzene rings is 3. The highest BCUT2D eigenvalue weighted by atomic mass is 32.2. The number of carbonyl (C=O) groups excluding carboxylic acids is 3. The van der Waals surface area contributed by atoms with Crippen molar-refractivity contribution in [1.82, 2.24) is 29.0 Å². The lowest BCUT2D eigenvalue weighted by atomic mass is 9.87. The quantitative estimate of drug-likeness (QED) is 0.168. The average Bonchev–Trinajstić information content (AvgIpc) is 3.70. The Morgan fingerprint density at radius 3 is 2.48 bits per heavy atom. The molecule has 0 saturated carbocycles. The van der Waals surface area contributed by atoms with Crippen LogP contribution in [-0.4, -0.2) is 114 Å². The number of piperidine rings is 3. The summed E-state index contributed by atoms with van der Waals surface area (Å²) in [5.74, 6) is -4.75. The number of likely N-dealkylation sites (tertiary alicyclic amines) is 2. The van der Waals surface area contributed by atoms with Gasteiger partial charge in [0.25, 0.3) is 5.56 Å². The summed E-state index contributed by atoms with van der Waals surface area (Å²) in [5.41, 5.74) is -1.06. The van der Waals surface area contributed by atoms with Crippen molar-refractivity contribution in [1.29, 1.82) is 5.26 Å². The summed E-state index contributed by atoms with van der Waals surface area (Å²) in [6.07, 6.45) is 4.40. The number of ether oxygens (including phenoxy) is 2. The van der Waals surface area contributed by atoms with Gasteiger partial charge in [-0.15, -0.1) is 0 Å². The molecule has 2 atom stereocenters. The molecule has 4 saturated heterocycles. The van der Waals surface area contributed by atoms with Gasteiger partial charge in [-0.2, -0.15) is 18.0 Å². The molecule has 4 aliphatic heterocycles. The molecule has 8 rings (SSSR count). The Balaban J connectivity index is 0.852. The molecule has 0 bridgehead atoms. The van der Waals surface area contributed by atoms with Crippen molar-refractivity contribution < 1.29 is 45.4 Å². The molecule has 21 heteroatoms. The van der Waals surface area contributed by atoms with E-state index in [4.69, 9.17) is 9.47 Å². The lowest BCUT2D eigenvalue weighted by molar-refractivity contribution is -0.137. The van der Waals surface area contributed by atoms with Gasteiger partial charge in [0.2, 0.25) is 17.7 Å². The minimum atomic E-state index is -4.04. The van der Waals surface area contributed by atoms with Crippen LogP contribution in [0.3, 0.4) is 0 Å². The minimum absolute atomic E-state index is 0.0212. The van der Waals surface area contributed by atoms with Gasteiger partial charge in [-0.05, 0) is 99.5 Å². The normalized spacial score (nSPS) is 20.5. The van der Waals surface area contributed by atoms with Crippen LogP contribution >= 0.6 is 0 Å². The summed E-state index contributed by atoms with van der Waals surface area (Å²) in [5, 5.41) is 15.0. The van der Waals surface area contributed by atoms with Crippen molar-refractivity contribution in [3.05, 3.63) is 87.7 Å². The van der Waals surface area contributed by atoms with Crippen molar-refractivity contribution in [2.24, 2.45) is 0 Å². The zero-order valence-corrected chi connectivity index (χ0v) is 36.6. The van der Waals surface area contributed by atoms with Crippen LogP contribution < -0.4 is 25.7 Å². The summed E-state index contributed by atoms with van der Waals surface area (Å²) in [6.45, 7) is 4.15. The first-order valence-electron chi connectivity index (χ1n) is 21.5. The van der Waals surface area contributed by atoms with E-state index in [0.717, 1.165) is 16.4 Å². The van der Waals surface area contributed by atoms with E-state index in [0.29, 0.717) is 63.8 Å². The molecule has 3 aromatic carbocycles. The van der Waals surface area contributed by atoms with E-state index in [1.54, 1.807) is 11.8 Å². The summed E-state index contributed by atoms with van der Waals surface area (Å²) < 4.78 is 87.8. The molecule has 4 fully saturated rings. The topological polar surface area (TPSA) is 208 Å². The molecule has 4 aliphatic rings. The molecule has 3 amide bonds. The van der Waals surface area contributed by atoms with Gasteiger partial charge in [-0.25, -0.2) is 18.2 Å². The maximum absolute atomic E-state index is 15.3. The maximum Gasteiger partial charge on any atom is 0.301 e. The van der Waals surface area contributed by atoms with Crippen molar-refractivity contribution in [3.63, 3.8) is 0 Å². The van der Waals surface area contributed by atoms with Gasteiger partial charge in [0.15, 0.2) is 23.2 Å². The Labute approximate surface area is 372 Å². The van der Waals surface area contributed by atoms with Gasteiger partial charge >= 0.3 is 10.2 Å². The first kappa shape index (κ1) is 45.5. The number of amides is 3. The summed E-state index contributed by atoms with van der Waals surface area (Å²) >= 11 is 0. The maximum atomic E-state index is 15.3. The largest absolute Gasteiger partial charge is 0.453 e. The predicted octanol–water partition coefficient (Wildman–Crippen LogP) is 4.51. The van der Waals surface area contributed by atoms with Crippen molar-refractivity contribution in [3.8, 4) is 17.6 Å². The Morgan fingerprint density at radius 2 is 1.77 bits per heavy atom. The predicted molar refractivity (Wildman–Crippen MR) is 231 cm³/mol. The number of nitrogens with one attached hydrogen (secondary N) is 3. The second kappa shape index (κ2) is 18.4.